The number of H-pyrrole nitrogens is 1. The number of aliphatic hydroxyl groups is 2. The summed E-state index contributed by atoms with van der Waals surface area (Å²) >= 11 is 1.48. The third kappa shape index (κ3) is 2.65. The summed E-state index contributed by atoms with van der Waals surface area (Å²) < 4.78 is 8.00. The van der Waals surface area contributed by atoms with Gasteiger partial charge in [0.15, 0.2) is 17.4 Å². The van der Waals surface area contributed by atoms with Crippen molar-refractivity contribution in [1.29, 1.82) is 0 Å². The van der Waals surface area contributed by atoms with E-state index in [1.807, 2.05) is 16.8 Å². The van der Waals surface area contributed by atoms with Crippen LogP contribution in [-0.2, 0) is 11.3 Å². The van der Waals surface area contributed by atoms with E-state index in [0.717, 1.165) is 10.1 Å². The van der Waals surface area contributed by atoms with E-state index in [1.54, 1.807) is 0 Å². The monoisotopic (exact) mass is 379 g/mol. The highest BCUT2D eigenvalue weighted by molar-refractivity contribution is 7.07. The topological polar surface area (TPSA) is 148 Å². The van der Waals surface area contributed by atoms with Crippen LogP contribution in [0.4, 0.5) is 5.95 Å². The first-order valence-electron chi connectivity index (χ1n) is 7.95. The summed E-state index contributed by atoms with van der Waals surface area (Å²) in [7, 11) is 0. The van der Waals surface area contributed by atoms with Crippen LogP contribution in [0.5, 0.6) is 0 Å². The quantitative estimate of drug-likeness (QED) is 0.464. The standard InChI is InChI=1S/C15H17N5O5S/c16-14-17-11-10(12(23)18-14)19(4-7-1-2-26-6-7)15(24)20(11)13-9(22)3-8(5-21)25-13/h1-2,6,8-9,13,21-22H,3-5H2,(H3,16,17,18,23)/t8-,9+,13+/m0/s1. The number of aliphatic hydroxyl groups excluding tert-OH is 2. The molecule has 1 aliphatic rings. The van der Waals surface area contributed by atoms with Gasteiger partial charge in [-0.3, -0.25) is 14.3 Å². The fraction of sp³-hybridized carbons (Fsp3) is 0.400. The van der Waals surface area contributed by atoms with Gasteiger partial charge in [-0.1, -0.05) is 0 Å². The number of rotatable bonds is 4. The maximum atomic E-state index is 13.0. The zero-order valence-corrected chi connectivity index (χ0v) is 14.3. The molecule has 0 spiro atoms. The molecular weight excluding hydrogens is 362 g/mol. The first-order valence-corrected chi connectivity index (χ1v) is 8.90. The van der Waals surface area contributed by atoms with E-state index >= 15 is 0 Å². The fourth-order valence-electron chi connectivity index (χ4n) is 3.22. The third-order valence-electron chi connectivity index (χ3n) is 4.37. The van der Waals surface area contributed by atoms with Crippen LogP contribution in [0.25, 0.3) is 11.2 Å². The van der Waals surface area contributed by atoms with E-state index in [2.05, 4.69) is 9.97 Å². The van der Waals surface area contributed by atoms with Crippen LogP contribution in [0, 0.1) is 0 Å². The van der Waals surface area contributed by atoms with E-state index in [4.69, 9.17) is 10.5 Å². The van der Waals surface area contributed by atoms with Gasteiger partial charge in [0, 0.05) is 6.42 Å². The average Bonchev–Trinajstić information content (AvgIpc) is 3.28. The summed E-state index contributed by atoms with van der Waals surface area (Å²) in [5.74, 6) is -0.143. The number of ether oxygens (including phenoxy) is 1. The van der Waals surface area contributed by atoms with Crippen LogP contribution < -0.4 is 17.0 Å². The average molecular weight is 379 g/mol. The molecule has 1 aliphatic heterocycles. The second-order valence-corrected chi connectivity index (χ2v) is 6.91. The number of hydrogen-bond donors (Lipinski definition) is 4. The number of aromatic nitrogens is 4. The van der Waals surface area contributed by atoms with Crippen LogP contribution >= 0.6 is 11.3 Å². The molecule has 0 amide bonds. The smallest absolute Gasteiger partial charge is 0.333 e. The second kappa shape index (κ2) is 6.36. The first kappa shape index (κ1) is 17.0. The van der Waals surface area contributed by atoms with Crippen molar-refractivity contribution in [3.8, 4) is 0 Å². The number of hydrogen-bond acceptors (Lipinski definition) is 8. The Bertz CT molecular complexity index is 1050. The molecule has 0 radical (unpaired) electrons. The van der Waals surface area contributed by atoms with Gasteiger partial charge in [-0.25, -0.2) is 9.36 Å². The van der Waals surface area contributed by atoms with Gasteiger partial charge in [-0.05, 0) is 22.4 Å². The molecule has 1 fully saturated rings. The normalized spacial score (nSPS) is 23.1. The molecule has 10 nitrogen and oxygen atoms in total. The van der Waals surface area contributed by atoms with Crippen molar-refractivity contribution in [1.82, 2.24) is 19.1 Å². The first-order chi connectivity index (χ1) is 12.5. The molecule has 0 aromatic carbocycles. The Kier molecular flexibility index (Phi) is 4.15. The van der Waals surface area contributed by atoms with E-state index in [0.29, 0.717) is 0 Å². The Morgan fingerprint density at radius 3 is 2.92 bits per heavy atom. The van der Waals surface area contributed by atoms with Crippen molar-refractivity contribution in [2.75, 3.05) is 12.3 Å². The molecule has 3 aromatic heterocycles. The number of imidazole rings is 1. The molecule has 3 aromatic rings. The molecule has 26 heavy (non-hydrogen) atoms. The lowest BCUT2D eigenvalue weighted by atomic mass is 10.2. The summed E-state index contributed by atoms with van der Waals surface area (Å²) in [5.41, 5.74) is 5.49. The molecule has 0 unspecified atom stereocenters. The van der Waals surface area contributed by atoms with E-state index in [1.165, 1.54) is 15.9 Å². The fourth-order valence-corrected chi connectivity index (χ4v) is 3.88. The van der Waals surface area contributed by atoms with Crippen LogP contribution in [0.3, 0.4) is 0 Å². The van der Waals surface area contributed by atoms with Crippen LogP contribution in [0.1, 0.15) is 18.2 Å². The summed E-state index contributed by atoms with van der Waals surface area (Å²) in [5, 5.41) is 23.3. The van der Waals surface area contributed by atoms with Gasteiger partial charge in [-0.2, -0.15) is 16.3 Å². The number of nitrogen functional groups attached to an aromatic ring is 1. The number of nitrogens with one attached hydrogen (secondary N) is 1. The number of anilines is 1. The number of aromatic amines is 1. The highest BCUT2D eigenvalue weighted by Crippen LogP contribution is 2.29. The molecule has 0 saturated carbocycles. The van der Waals surface area contributed by atoms with Crippen LogP contribution in [0.15, 0.2) is 26.4 Å². The van der Waals surface area contributed by atoms with Crippen molar-refractivity contribution in [3.63, 3.8) is 0 Å². The maximum absolute atomic E-state index is 13.0. The van der Waals surface area contributed by atoms with Crippen LogP contribution in [0.2, 0.25) is 0 Å². The number of thiophene rings is 1. The van der Waals surface area contributed by atoms with E-state index in [-0.39, 0.29) is 36.7 Å². The Labute approximate surface area is 150 Å². The van der Waals surface area contributed by atoms with Gasteiger partial charge in [0.05, 0.1) is 19.3 Å². The summed E-state index contributed by atoms with van der Waals surface area (Å²) in [6, 6.07) is 1.85. The second-order valence-electron chi connectivity index (χ2n) is 6.13. The van der Waals surface area contributed by atoms with E-state index < -0.39 is 29.7 Å². The molecule has 0 aliphatic carbocycles. The number of nitrogens with zero attached hydrogens (tertiary/aromatic N) is 3. The number of nitrogens with two attached hydrogens (primary N) is 1. The minimum Gasteiger partial charge on any atom is -0.394 e. The van der Waals surface area contributed by atoms with Gasteiger partial charge in [0.1, 0.15) is 6.10 Å². The molecule has 4 rings (SSSR count). The molecule has 4 heterocycles. The SMILES string of the molecule is Nc1nc2c(c(=O)[nH]1)n(Cc1ccsc1)c(=O)n2[C@@H]1O[C@H](CO)C[C@H]1O. The van der Waals surface area contributed by atoms with Crippen LogP contribution in [-0.4, -0.2) is 48.1 Å². The van der Waals surface area contributed by atoms with Crippen molar-refractivity contribution in [2.24, 2.45) is 0 Å². The Morgan fingerprint density at radius 2 is 2.27 bits per heavy atom. The minimum absolute atomic E-state index is 0.0362. The van der Waals surface area contributed by atoms with Gasteiger partial charge >= 0.3 is 5.69 Å². The Hall–Kier alpha value is -2.47. The maximum Gasteiger partial charge on any atom is 0.333 e. The number of fused-ring (bicyclic) bond motifs is 1. The largest absolute Gasteiger partial charge is 0.394 e. The lowest BCUT2D eigenvalue weighted by Crippen LogP contribution is -2.32. The zero-order valence-electron chi connectivity index (χ0n) is 13.5. The van der Waals surface area contributed by atoms with Crippen molar-refractivity contribution in [2.45, 2.75) is 31.4 Å². The lowest BCUT2D eigenvalue weighted by molar-refractivity contribution is -0.0505. The molecule has 138 valence electrons. The van der Waals surface area contributed by atoms with E-state index in [9.17, 15) is 19.8 Å². The van der Waals surface area contributed by atoms with Crippen molar-refractivity contribution in [3.05, 3.63) is 43.2 Å². The molecule has 3 atom stereocenters. The van der Waals surface area contributed by atoms with Gasteiger partial charge in [-0.15, -0.1) is 0 Å². The summed E-state index contributed by atoms with van der Waals surface area (Å²) in [4.78, 5) is 32.0. The highest BCUT2D eigenvalue weighted by atomic mass is 32.1. The Morgan fingerprint density at radius 1 is 1.46 bits per heavy atom. The highest BCUT2D eigenvalue weighted by Gasteiger charge is 2.38. The lowest BCUT2D eigenvalue weighted by Gasteiger charge is -2.15. The zero-order chi connectivity index (χ0) is 18.4. The van der Waals surface area contributed by atoms with Crippen molar-refractivity contribution >= 4 is 28.4 Å². The van der Waals surface area contributed by atoms with Gasteiger partial charge < -0.3 is 20.7 Å². The summed E-state index contributed by atoms with van der Waals surface area (Å²) in [6.07, 6.45) is -2.51. The molecule has 5 N–H and O–H groups in total. The van der Waals surface area contributed by atoms with Gasteiger partial charge in [0.2, 0.25) is 5.95 Å². The predicted molar refractivity (Wildman–Crippen MR) is 94.1 cm³/mol. The molecular formula is C15H17N5O5S. The minimum atomic E-state index is -1.06. The molecule has 11 heteroatoms. The van der Waals surface area contributed by atoms with Crippen molar-refractivity contribution < 1.29 is 14.9 Å². The predicted octanol–water partition coefficient (Wildman–Crippen LogP) is -0.781. The molecule has 0 bridgehead atoms. The molecule has 1 saturated heterocycles. The summed E-state index contributed by atoms with van der Waals surface area (Å²) in [6.45, 7) is -0.112. The third-order valence-corrected chi connectivity index (χ3v) is 5.11. The Balaban J connectivity index is 1.94. The van der Waals surface area contributed by atoms with Gasteiger partial charge in [0.25, 0.3) is 5.56 Å².